The zero-order valence-electron chi connectivity index (χ0n) is 12.7. The molecule has 4 heteroatoms. The van der Waals surface area contributed by atoms with E-state index in [9.17, 15) is 0 Å². The zero-order chi connectivity index (χ0) is 13.7. The summed E-state index contributed by atoms with van der Waals surface area (Å²) in [4.78, 5) is 6.75. The third-order valence-corrected chi connectivity index (χ3v) is 3.98. The number of benzene rings is 1. The van der Waals surface area contributed by atoms with Crippen molar-refractivity contribution in [3.8, 4) is 0 Å². The molecule has 1 fully saturated rings. The van der Waals surface area contributed by atoms with Gasteiger partial charge in [0.1, 0.15) is 0 Å². The third-order valence-electron chi connectivity index (χ3n) is 3.98. The minimum Gasteiger partial charge on any atom is -0.357 e. The van der Waals surface area contributed by atoms with E-state index >= 15 is 0 Å². The molecule has 1 aliphatic heterocycles. The van der Waals surface area contributed by atoms with Gasteiger partial charge in [-0.2, -0.15) is 0 Å². The molecule has 1 aromatic carbocycles. The Morgan fingerprint density at radius 3 is 2.60 bits per heavy atom. The number of aliphatic imine (C=N–C) groups is 1. The lowest BCUT2D eigenvalue weighted by Crippen LogP contribution is -2.47. The van der Waals surface area contributed by atoms with Crippen LogP contribution in [0.5, 0.6) is 0 Å². The van der Waals surface area contributed by atoms with Crippen LogP contribution in [0.15, 0.2) is 35.3 Å². The van der Waals surface area contributed by atoms with E-state index in [0.717, 1.165) is 25.6 Å². The molecule has 2 unspecified atom stereocenters. The van der Waals surface area contributed by atoms with E-state index in [0.29, 0.717) is 11.8 Å². The van der Waals surface area contributed by atoms with Gasteiger partial charge >= 0.3 is 0 Å². The minimum absolute atomic E-state index is 0. The van der Waals surface area contributed by atoms with Crippen molar-refractivity contribution in [1.29, 1.82) is 0 Å². The van der Waals surface area contributed by atoms with Crippen molar-refractivity contribution < 1.29 is 0 Å². The fourth-order valence-corrected chi connectivity index (χ4v) is 3.02. The van der Waals surface area contributed by atoms with Crippen molar-refractivity contribution in [2.24, 2.45) is 10.9 Å². The predicted octanol–water partition coefficient (Wildman–Crippen LogP) is 3.33. The van der Waals surface area contributed by atoms with E-state index < -0.39 is 0 Å². The number of rotatable bonds is 2. The first-order valence-electron chi connectivity index (χ1n) is 7.26. The van der Waals surface area contributed by atoms with Crippen molar-refractivity contribution in [1.82, 2.24) is 10.2 Å². The Kier molecular flexibility index (Phi) is 7.34. The number of halogens is 1. The smallest absolute Gasteiger partial charge is 0.193 e. The molecule has 0 aromatic heterocycles. The lowest BCUT2D eigenvalue weighted by atomic mass is 9.82. The van der Waals surface area contributed by atoms with Crippen molar-refractivity contribution >= 4 is 29.9 Å². The SMILES string of the molecule is CCNC(=NC)N1CCC(c2ccccc2)C(C)C1.I. The highest BCUT2D eigenvalue weighted by molar-refractivity contribution is 14.0. The van der Waals surface area contributed by atoms with E-state index in [4.69, 9.17) is 0 Å². The first-order chi connectivity index (χ1) is 9.26. The van der Waals surface area contributed by atoms with Crippen LogP contribution in [0.1, 0.15) is 31.7 Å². The van der Waals surface area contributed by atoms with Crippen molar-refractivity contribution in [2.45, 2.75) is 26.2 Å². The van der Waals surface area contributed by atoms with Gasteiger partial charge in [-0.25, -0.2) is 0 Å². The molecular formula is C16H26IN3. The molecule has 0 spiro atoms. The summed E-state index contributed by atoms with van der Waals surface area (Å²) < 4.78 is 0. The number of nitrogens with one attached hydrogen (secondary N) is 1. The molecule has 0 radical (unpaired) electrons. The maximum Gasteiger partial charge on any atom is 0.193 e. The van der Waals surface area contributed by atoms with Gasteiger partial charge in [-0.3, -0.25) is 4.99 Å². The van der Waals surface area contributed by atoms with E-state index in [1.54, 1.807) is 0 Å². The summed E-state index contributed by atoms with van der Waals surface area (Å²) in [6.45, 7) is 7.57. The number of guanidine groups is 1. The second-order valence-corrected chi connectivity index (χ2v) is 5.31. The van der Waals surface area contributed by atoms with Crippen LogP contribution >= 0.6 is 24.0 Å². The Morgan fingerprint density at radius 2 is 2.05 bits per heavy atom. The van der Waals surface area contributed by atoms with Crippen LogP contribution in [-0.4, -0.2) is 37.5 Å². The number of likely N-dealkylation sites (tertiary alicyclic amines) is 1. The second-order valence-electron chi connectivity index (χ2n) is 5.31. The van der Waals surface area contributed by atoms with Gasteiger partial charge in [-0.1, -0.05) is 37.3 Å². The quantitative estimate of drug-likeness (QED) is 0.479. The first-order valence-corrected chi connectivity index (χ1v) is 7.26. The lowest BCUT2D eigenvalue weighted by molar-refractivity contribution is 0.235. The summed E-state index contributed by atoms with van der Waals surface area (Å²) in [6.07, 6.45) is 1.20. The molecule has 20 heavy (non-hydrogen) atoms. The highest BCUT2D eigenvalue weighted by Gasteiger charge is 2.28. The number of hydrogen-bond donors (Lipinski definition) is 1. The summed E-state index contributed by atoms with van der Waals surface area (Å²) in [5, 5.41) is 3.35. The summed E-state index contributed by atoms with van der Waals surface area (Å²) >= 11 is 0. The highest BCUT2D eigenvalue weighted by Crippen LogP contribution is 2.32. The maximum atomic E-state index is 4.37. The van der Waals surface area contributed by atoms with E-state index in [1.165, 1.54) is 12.0 Å². The van der Waals surface area contributed by atoms with Gasteiger partial charge in [0.2, 0.25) is 0 Å². The molecule has 2 rings (SSSR count). The predicted molar refractivity (Wildman–Crippen MR) is 97.0 cm³/mol. The number of nitrogens with zero attached hydrogens (tertiary/aromatic N) is 2. The van der Waals surface area contributed by atoms with Crippen molar-refractivity contribution in [3.63, 3.8) is 0 Å². The van der Waals surface area contributed by atoms with Crippen LogP contribution in [0, 0.1) is 5.92 Å². The van der Waals surface area contributed by atoms with Gasteiger partial charge in [-0.15, -0.1) is 24.0 Å². The standard InChI is InChI=1S/C16H25N3.HI/c1-4-18-16(17-3)19-11-10-15(13(2)12-19)14-8-6-5-7-9-14;/h5-9,13,15H,4,10-12H2,1-3H3,(H,17,18);1H. The second kappa shape index (κ2) is 8.49. The summed E-state index contributed by atoms with van der Waals surface area (Å²) in [5.74, 6) is 2.38. The molecule has 1 aromatic rings. The molecule has 2 atom stereocenters. The zero-order valence-corrected chi connectivity index (χ0v) is 15.0. The molecule has 1 aliphatic rings. The molecule has 3 nitrogen and oxygen atoms in total. The Balaban J connectivity index is 0.00000200. The van der Waals surface area contributed by atoms with Crippen LogP contribution in [0.2, 0.25) is 0 Å². The van der Waals surface area contributed by atoms with Crippen LogP contribution in [-0.2, 0) is 0 Å². The van der Waals surface area contributed by atoms with Gasteiger partial charge in [0, 0.05) is 26.7 Å². The number of hydrogen-bond acceptors (Lipinski definition) is 1. The Hall–Kier alpha value is -0.780. The van der Waals surface area contributed by atoms with E-state index in [1.807, 2.05) is 7.05 Å². The summed E-state index contributed by atoms with van der Waals surface area (Å²) in [5.41, 5.74) is 1.48. The average Bonchev–Trinajstić information content (AvgIpc) is 2.45. The third kappa shape index (κ3) is 4.11. The van der Waals surface area contributed by atoms with Crippen LogP contribution in [0.4, 0.5) is 0 Å². The minimum atomic E-state index is 0. The molecule has 0 amide bonds. The molecule has 0 saturated carbocycles. The van der Waals surface area contributed by atoms with Crippen LogP contribution in [0.25, 0.3) is 0 Å². The fraction of sp³-hybridized carbons (Fsp3) is 0.562. The molecule has 112 valence electrons. The van der Waals surface area contributed by atoms with Gasteiger partial charge in [0.15, 0.2) is 5.96 Å². The Bertz CT molecular complexity index is 419. The van der Waals surface area contributed by atoms with Crippen LogP contribution < -0.4 is 5.32 Å². The molecule has 1 heterocycles. The molecule has 0 aliphatic carbocycles. The van der Waals surface area contributed by atoms with E-state index in [2.05, 4.69) is 59.4 Å². The molecule has 0 bridgehead atoms. The molecule has 1 N–H and O–H groups in total. The number of piperidine rings is 1. The average molecular weight is 387 g/mol. The van der Waals surface area contributed by atoms with Gasteiger partial charge < -0.3 is 10.2 Å². The molecule has 1 saturated heterocycles. The van der Waals surface area contributed by atoms with Gasteiger partial charge in [0.25, 0.3) is 0 Å². The summed E-state index contributed by atoms with van der Waals surface area (Å²) in [6, 6.07) is 10.9. The molecular weight excluding hydrogens is 361 g/mol. The topological polar surface area (TPSA) is 27.6 Å². The van der Waals surface area contributed by atoms with Crippen LogP contribution in [0.3, 0.4) is 0 Å². The summed E-state index contributed by atoms with van der Waals surface area (Å²) in [7, 11) is 1.87. The van der Waals surface area contributed by atoms with Crippen molar-refractivity contribution in [2.75, 3.05) is 26.7 Å². The largest absolute Gasteiger partial charge is 0.357 e. The Labute approximate surface area is 139 Å². The van der Waals surface area contributed by atoms with Crippen molar-refractivity contribution in [3.05, 3.63) is 35.9 Å². The first kappa shape index (κ1) is 17.3. The Morgan fingerprint density at radius 1 is 1.35 bits per heavy atom. The lowest BCUT2D eigenvalue weighted by Gasteiger charge is -2.38. The fourth-order valence-electron chi connectivity index (χ4n) is 3.02. The van der Waals surface area contributed by atoms with E-state index in [-0.39, 0.29) is 24.0 Å². The monoisotopic (exact) mass is 387 g/mol. The van der Waals surface area contributed by atoms with Gasteiger partial charge in [-0.05, 0) is 30.7 Å². The highest BCUT2D eigenvalue weighted by atomic mass is 127. The van der Waals surface area contributed by atoms with Gasteiger partial charge in [0.05, 0.1) is 0 Å². The maximum absolute atomic E-state index is 4.37. The normalized spacial score (nSPS) is 23.1.